The molecular weight excluding hydrogens is 248 g/mol. The lowest BCUT2D eigenvalue weighted by Gasteiger charge is -2.24. The van der Waals surface area contributed by atoms with E-state index in [4.69, 9.17) is 5.73 Å². The third kappa shape index (κ3) is 5.52. The molecule has 1 aromatic rings. The van der Waals surface area contributed by atoms with Crippen molar-refractivity contribution in [3.8, 4) is 0 Å². The van der Waals surface area contributed by atoms with Crippen molar-refractivity contribution in [3.63, 3.8) is 0 Å². The summed E-state index contributed by atoms with van der Waals surface area (Å²) < 4.78 is 0. The Kier molecular flexibility index (Phi) is 6.96. The molecule has 1 aromatic carbocycles. The zero-order valence-corrected chi connectivity index (χ0v) is 12.1. The van der Waals surface area contributed by atoms with Crippen molar-refractivity contribution >= 4 is 18.3 Å². The molecule has 0 aliphatic heterocycles. The van der Waals surface area contributed by atoms with Gasteiger partial charge in [0.25, 0.3) is 0 Å². The van der Waals surface area contributed by atoms with E-state index in [1.807, 2.05) is 26.0 Å². The minimum Gasteiger partial charge on any atom is -0.350 e. The van der Waals surface area contributed by atoms with Crippen LogP contribution in [0, 0.1) is 6.92 Å². The number of hydrogen-bond acceptors (Lipinski definition) is 2. The zero-order chi connectivity index (χ0) is 12.9. The first-order valence-corrected chi connectivity index (χ1v) is 6.00. The van der Waals surface area contributed by atoms with E-state index < -0.39 is 0 Å². The van der Waals surface area contributed by atoms with Gasteiger partial charge in [0, 0.05) is 18.5 Å². The van der Waals surface area contributed by atoms with Gasteiger partial charge in [0.05, 0.1) is 0 Å². The summed E-state index contributed by atoms with van der Waals surface area (Å²) in [5.41, 5.74) is 7.72. The molecule has 0 saturated carbocycles. The topological polar surface area (TPSA) is 55.1 Å². The van der Waals surface area contributed by atoms with Gasteiger partial charge in [-0.05, 0) is 38.3 Å². The number of halogens is 1. The number of amides is 1. The largest absolute Gasteiger partial charge is 0.350 e. The van der Waals surface area contributed by atoms with Crippen LogP contribution in [0.3, 0.4) is 0 Å². The van der Waals surface area contributed by atoms with E-state index in [0.717, 1.165) is 6.42 Å². The van der Waals surface area contributed by atoms with Crippen LogP contribution in [-0.4, -0.2) is 18.0 Å². The first kappa shape index (κ1) is 16.9. The lowest BCUT2D eigenvalue weighted by atomic mass is 10.0. The summed E-state index contributed by atoms with van der Waals surface area (Å²) >= 11 is 0. The number of carbonyl (C=O) groups is 1. The second-order valence-corrected chi connectivity index (χ2v) is 5.06. The van der Waals surface area contributed by atoms with E-state index in [1.54, 1.807) is 0 Å². The van der Waals surface area contributed by atoms with E-state index in [2.05, 4.69) is 24.4 Å². The van der Waals surface area contributed by atoms with Crippen LogP contribution < -0.4 is 11.1 Å². The van der Waals surface area contributed by atoms with Gasteiger partial charge in [0.2, 0.25) is 5.91 Å². The predicted octanol–water partition coefficient (Wildman–Crippen LogP) is 2.20. The van der Waals surface area contributed by atoms with Gasteiger partial charge < -0.3 is 11.1 Å². The first-order chi connectivity index (χ1) is 7.94. The Hall–Kier alpha value is -1.06. The van der Waals surface area contributed by atoms with Crippen LogP contribution in [-0.2, 0) is 11.2 Å². The molecule has 1 amide bonds. The molecule has 0 spiro atoms. The van der Waals surface area contributed by atoms with E-state index in [1.165, 1.54) is 11.1 Å². The fourth-order valence-electron chi connectivity index (χ4n) is 1.63. The molecule has 0 fully saturated rings. The van der Waals surface area contributed by atoms with Crippen molar-refractivity contribution in [1.82, 2.24) is 5.32 Å². The second-order valence-electron chi connectivity index (χ2n) is 5.06. The Morgan fingerprint density at radius 3 is 2.50 bits per heavy atom. The Morgan fingerprint density at radius 1 is 1.33 bits per heavy atom. The SMILES string of the molecule is Cc1ccccc1CCC(=O)NC(C)(C)CN.Cl. The Bertz CT molecular complexity index is 391. The third-order valence-electron chi connectivity index (χ3n) is 2.87. The summed E-state index contributed by atoms with van der Waals surface area (Å²) in [7, 11) is 0. The molecule has 0 aliphatic rings. The number of benzene rings is 1. The highest BCUT2D eigenvalue weighted by Crippen LogP contribution is 2.10. The van der Waals surface area contributed by atoms with Gasteiger partial charge in [-0.15, -0.1) is 12.4 Å². The summed E-state index contributed by atoms with van der Waals surface area (Å²) in [4.78, 5) is 11.7. The number of carbonyl (C=O) groups excluding carboxylic acids is 1. The normalized spacial score (nSPS) is 10.7. The maximum Gasteiger partial charge on any atom is 0.220 e. The number of hydrogen-bond donors (Lipinski definition) is 2. The molecule has 0 unspecified atom stereocenters. The van der Waals surface area contributed by atoms with Crippen LogP contribution in [0.15, 0.2) is 24.3 Å². The van der Waals surface area contributed by atoms with E-state index >= 15 is 0 Å². The van der Waals surface area contributed by atoms with Crippen molar-refractivity contribution in [3.05, 3.63) is 35.4 Å². The van der Waals surface area contributed by atoms with Crippen molar-refractivity contribution < 1.29 is 4.79 Å². The van der Waals surface area contributed by atoms with E-state index in [9.17, 15) is 4.79 Å². The molecule has 0 heterocycles. The van der Waals surface area contributed by atoms with Crippen LogP contribution in [0.4, 0.5) is 0 Å². The summed E-state index contributed by atoms with van der Waals surface area (Å²) in [6.45, 7) is 6.37. The standard InChI is InChI=1S/C14H22N2O.ClH/c1-11-6-4-5-7-12(11)8-9-13(17)16-14(2,3)10-15;/h4-7H,8-10,15H2,1-3H3,(H,16,17);1H. The highest BCUT2D eigenvalue weighted by molar-refractivity contribution is 5.85. The van der Waals surface area contributed by atoms with Crippen molar-refractivity contribution in [2.75, 3.05) is 6.54 Å². The zero-order valence-electron chi connectivity index (χ0n) is 11.3. The lowest BCUT2D eigenvalue weighted by molar-refractivity contribution is -0.122. The number of nitrogens with two attached hydrogens (primary N) is 1. The molecule has 0 bridgehead atoms. The molecule has 0 saturated heterocycles. The number of aryl methyl sites for hydroxylation is 2. The lowest BCUT2D eigenvalue weighted by Crippen LogP contribution is -2.48. The average Bonchev–Trinajstić information content (AvgIpc) is 2.27. The maximum absolute atomic E-state index is 11.7. The molecule has 0 aromatic heterocycles. The summed E-state index contributed by atoms with van der Waals surface area (Å²) in [6, 6.07) is 8.15. The van der Waals surface area contributed by atoms with Gasteiger partial charge in [-0.25, -0.2) is 0 Å². The van der Waals surface area contributed by atoms with Crippen molar-refractivity contribution in [2.45, 2.75) is 39.2 Å². The molecular formula is C14H23ClN2O. The van der Waals surface area contributed by atoms with Crippen LogP contribution in [0.5, 0.6) is 0 Å². The van der Waals surface area contributed by atoms with Gasteiger partial charge in [0.1, 0.15) is 0 Å². The van der Waals surface area contributed by atoms with Crippen molar-refractivity contribution in [1.29, 1.82) is 0 Å². The smallest absolute Gasteiger partial charge is 0.220 e. The fourth-order valence-corrected chi connectivity index (χ4v) is 1.63. The molecule has 0 aliphatic carbocycles. The molecule has 3 N–H and O–H groups in total. The summed E-state index contributed by atoms with van der Waals surface area (Å²) in [6.07, 6.45) is 1.29. The average molecular weight is 271 g/mol. The molecule has 4 heteroatoms. The Labute approximate surface area is 116 Å². The first-order valence-electron chi connectivity index (χ1n) is 6.00. The monoisotopic (exact) mass is 270 g/mol. The Morgan fingerprint density at radius 2 is 1.94 bits per heavy atom. The van der Waals surface area contributed by atoms with E-state index in [-0.39, 0.29) is 23.9 Å². The van der Waals surface area contributed by atoms with Gasteiger partial charge >= 0.3 is 0 Å². The quantitative estimate of drug-likeness (QED) is 0.862. The van der Waals surface area contributed by atoms with Gasteiger partial charge in [-0.2, -0.15) is 0 Å². The molecule has 3 nitrogen and oxygen atoms in total. The molecule has 102 valence electrons. The van der Waals surface area contributed by atoms with Crippen molar-refractivity contribution in [2.24, 2.45) is 5.73 Å². The predicted molar refractivity (Wildman–Crippen MR) is 78.0 cm³/mol. The molecule has 0 atom stereocenters. The summed E-state index contributed by atoms with van der Waals surface area (Å²) in [5.74, 6) is 0.0590. The third-order valence-corrected chi connectivity index (χ3v) is 2.87. The maximum atomic E-state index is 11.7. The van der Waals surface area contributed by atoms with Gasteiger partial charge in [-0.1, -0.05) is 24.3 Å². The summed E-state index contributed by atoms with van der Waals surface area (Å²) in [5, 5.41) is 2.93. The number of nitrogens with one attached hydrogen (secondary N) is 1. The minimum absolute atomic E-state index is 0. The van der Waals surface area contributed by atoms with Crippen LogP contribution in [0.25, 0.3) is 0 Å². The highest BCUT2D eigenvalue weighted by atomic mass is 35.5. The van der Waals surface area contributed by atoms with Crippen LogP contribution in [0.2, 0.25) is 0 Å². The second kappa shape index (κ2) is 7.39. The van der Waals surface area contributed by atoms with Crippen LogP contribution in [0.1, 0.15) is 31.4 Å². The number of rotatable bonds is 5. The molecule has 18 heavy (non-hydrogen) atoms. The van der Waals surface area contributed by atoms with E-state index in [0.29, 0.717) is 13.0 Å². The van der Waals surface area contributed by atoms with Crippen LogP contribution >= 0.6 is 12.4 Å². The Balaban J connectivity index is 0.00000289. The fraction of sp³-hybridized carbons (Fsp3) is 0.500. The minimum atomic E-state index is -0.317. The molecule has 0 radical (unpaired) electrons. The highest BCUT2D eigenvalue weighted by Gasteiger charge is 2.17. The van der Waals surface area contributed by atoms with Gasteiger partial charge in [0.15, 0.2) is 0 Å². The van der Waals surface area contributed by atoms with Gasteiger partial charge in [-0.3, -0.25) is 4.79 Å². The molecule has 1 rings (SSSR count).